The quantitative estimate of drug-likeness (QED) is 0.204. The number of rotatable bonds is 11. The highest BCUT2D eigenvalue weighted by atomic mass is 79.9. The minimum Gasteiger partial charge on any atom is -0.493 e. The van der Waals surface area contributed by atoms with Gasteiger partial charge in [0.1, 0.15) is 6.61 Å². The summed E-state index contributed by atoms with van der Waals surface area (Å²) in [7, 11) is 3.10. The van der Waals surface area contributed by atoms with Crippen LogP contribution in [-0.4, -0.2) is 32.9 Å². The van der Waals surface area contributed by atoms with Gasteiger partial charge in [0.25, 0.3) is 0 Å². The Bertz CT molecular complexity index is 1250. The van der Waals surface area contributed by atoms with Crippen molar-refractivity contribution < 1.29 is 23.7 Å². The third-order valence-electron chi connectivity index (χ3n) is 4.93. The van der Waals surface area contributed by atoms with Gasteiger partial charge in [0, 0.05) is 15.6 Å². The second-order valence-electron chi connectivity index (χ2n) is 7.45. The van der Waals surface area contributed by atoms with Crippen LogP contribution in [0.1, 0.15) is 23.6 Å². The van der Waals surface area contributed by atoms with E-state index in [1.165, 1.54) is 6.21 Å². The Kier molecular flexibility index (Phi) is 10.3. The minimum absolute atomic E-state index is 0.131. The molecule has 0 saturated heterocycles. The number of nitrogens with one attached hydrogen (secondary N) is 1. The van der Waals surface area contributed by atoms with Crippen molar-refractivity contribution in [2.45, 2.75) is 20.0 Å². The summed E-state index contributed by atoms with van der Waals surface area (Å²) in [6.07, 6.45) is 1.66. The predicted octanol–water partition coefficient (Wildman–Crippen LogP) is 6.44. The Morgan fingerprint density at radius 1 is 1.00 bits per heavy atom. The molecule has 0 spiro atoms. The van der Waals surface area contributed by atoms with Crippen molar-refractivity contribution in [3.8, 4) is 23.0 Å². The van der Waals surface area contributed by atoms with E-state index in [4.69, 9.17) is 42.1 Å². The maximum atomic E-state index is 12.3. The number of carbonyl (C=O) groups excluding carboxylic acids is 1. The Morgan fingerprint density at radius 3 is 2.47 bits per heavy atom. The fourth-order valence-corrected chi connectivity index (χ4v) is 4.29. The summed E-state index contributed by atoms with van der Waals surface area (Å²) in [4.78, 5) is 12.3. The van der Waals surface area contributed by atoms with Crippen molar-refractivity contribution in [3.63, 3.8) is 0 Å². The molecule has 0 aliphatic heterocycles. The summed E-state index contributed by atoms with van der Waals surface area (Å²) >= 11 is 15.8. The number of ether oxygens (including phenoxy) is 4. The van der Waals surface area contributed by atoms with Gasteiger partial charge in [-0.15, -0.1) is 0 Å². The number of halogens is 3. The number of hydrogen-bond acceptors (Lipinski definition) is 6. The molecule has 0 atom stereocenters. The topological polar surface area (TPSA) is 78.4 Å². The van der Waals surface area contributed by atoms with Crippen LogP contribution in [0.3, 0.4) is 0 Å². The third kappa shape index (κ3) is 7.53. The lowest BCUT2D eigenvalue weighted by atomic mass is 10.1. The van der Waals surface area contributed by atoms with E-state index in [-0.39, 0.29) is 18.9 Å². The lowest BCUT2D eigenvalue weighted by molar-refractivity contribution is -0.120. The molecular formula is C26H25BrCl2N2O5. The van der Waals surface area contributed by atoms with Crippen molar-refractivity contribution in [2.75, 3.05) is 20.8 Å². The molecule has 3 aromatic rings. The summed E-state index contributed by atoms with van der Waals surface area (Å²) in [5, 5.41) is 5.14. The summed E-state index contributed by atoms with van der Waals surface area (Å²) < 4.78 is 22.9. The van der Waals surface area contributed by atoms with E-state index in [2.05, 4.69) is 26.5 Å². The average Bonchev–Trinajstić information content (AvgIpc) is 2.84. The van der Waals surface area contributed by atoms with E-state index in [0.29, 0.717) is 49.7 Å². The van der Waals surface area contributed by atoms with Crippen molar-refractivity contribution in [3.05, 3.63) is 79.7 Å². The summed E-state index contributed by atoms with van der Waals surface area (Å²) in [6, 6.07) is 14.1. The SMILES string of the molecule is CCOc1cc(/C=N/NC(=O)Cc2ccc(OC)c(OC)c2)cc(Br)c1OCc1ccc(Cl)cc1Cl. The predicted molar refractivity (Wildman–Crippen MR) is 145 cm³/mol. The first kappa shape index (κ1) is 27.6. The molecule has 3 rings (SSSR count). The minimum atomic E-state index is -0.276. The molecule has 36 heavy (non-hydrogen) atoms. The summed E-state index contributed by atoms with van der Waals surface area (Å²) in [5.74, 6) is 1.93. The Morgan fingerprint density at radius 2 is 1.78 bits per heavy atom. The lowest BCUT2D eigenvalue weighted by Gasteiger charge is -2.15. The normalized spacial score (nSPS) is 10.8. The maximum Gasteiger partial charge on any atom is 0.244 e. The van der Waals surface area contributed by atoms with Gasteiger partial charge in [0.05, 0.1) is 37.9 Å². The molecule has 190 valence electrons. The zero-order chi connectivity index (χ0) is 26.1. The van der Waals surface area contributed by atoms with E-state index >= 15 is 0 Å². The van der Waals surface area contributed by atoms with Crippen LogP contribution >= 0.6 is 39.1 Å². The van der Waals surface area contributed by atoms with Crippen LogP contribution in [0, 0.1) is 0 Å². The molecule has 0 aliphatic carbocycles. The zero-order valence-electron chi connectivity index (χ0n) is 19.9. The highest BCUT2D eigenvalue weighted by molar-refractivity contribution is 9.10. The van der Waals surface area contributed by atoms with Gasteiger partial charge in [-0.25, -0.2) is 5.43 Å². The molecule has 1 N–H and O–H groups in total. The molecule has 0 unspecified atom stereocenters. The fraction of sp³-hybridized carbons (Fsp3) is 0.231. The van der Waals surface area contributed by atoms with E-state index in [1.807, 2.05) is 19.1 Å². The van der Waals surface area contributed by atoms with Crippen LogP contribution < -0.4 is 24.4 Å². The molecule has 0 bridgehead atoms. The van der Waals surface area contributed by atoms with Gasteiger partial charge >= 0.3 is 0 Å². The van der Waals surface area contributed by atoms with Gasteiger partial charge in [0.15, 0.2) is 23.0 Å². The Balaban J connectivity index is 1.67. The van der Waals surface area contributed by atoms with Crippen molar-refractivity contribution in [1.29, 1.82) is 0 Å². The number of amides is 1. The fourth-order valence-electron chi connectivity index (χ4n) is 3.25. The van der Waals surface area contributed by atoms with Crippen LogP contribution in [0.15, 0.2) is 58.1 Å². The first-order valence-corrected chi connectivity index (χ1v) is 12.4. The smallest absolute Gasteiger partial charge is 0.244 e. The van der Waals surface area contributed by atoms with Crippen molar-refractivity contribution in [1.82, 2.24) is 5.43 Å². The van der Waals surface area contributed by atoms with Crippen LogP contribution in [0.25, 0.3) is 0 Å². The largest absolute Gasteiger partial charge is 0.493 e. The lowest BCUT2D eigenvalue weighted by Crippen LogP contribution is -2.19. The van der Waals surface area contributed by atoms with Crippen LogP contribution in [0.4, 0.5) is 0 Å². The first-order valence-electron chi connectivity index (χ1n) is 10.9. The molecule has 0 heterocycles. The second kappa shape index (κ2) is 13.4. The molecule has 0 radical (unpaired) electrons. The zero-order valence-corrected chi connectivity index (χ0v) is 23.0. The van der Waals surface area contributed by atoms with Crippen LogP contribution in [-0.2, 0) is 17.8 Å². The van der Waals surface area contributed by atoms with Crippen LogP contribution in [0.2, 0.25) is 10.0 Å². The van der Waals surface area contributed by atoms with Crippen molar-refractivity contribution >= 4 is 51.3 Å². The third-order valence-corrected chi connectivity index (χ3v) is 6.11. The number of carbonyl (C=O) groups is 1. The second-order valence-corrected chi connectivity index (χ2v) is 9.14. The van der Waals surface area contributed by atoms with E-state index in [0.717, 1.165) is 11.1 Å². The molecule has 0 saturated carbocycles. The van der Waals surface area contributed by atoms with Gasteiger partial charge < -0.3 is 18.9 Å². The summed E-state index contributed by atoms with van der Waals surface area (Å²) in [5.41, 5.74) is 4.79. The molecule has 10 heteroatoms. The van der Waals surface area contributed by atoms with Gasteiger partial charge in [-0.3, -0.25) is 4.79 Å². The molecule has 0 fully saturated rings. The molecular weight excluding hydrogens is 571 g/mol. The Labute approximate surface area is 228 Å². The van der Waals surface area contributed by atoms with Gasteiger partial charge in [-0.05, 0) is 70.4 Å². The number of hydrogen-bond donors (Lipinski definition) is 1. The summed E-state index contributed by atoms with van der Waals surface area (Å²) in [6.45, 7) is 2.55. The Hall–Kier alpha value is -2.94. The highest BCUT2D eigenvalue weighted by Crippen LogP contribution is 2.37. The van der Waals surface area contributed by atoms with Gasteiger partial charge in [-0.2, -0.15) is 5.10 Å². The van der Waals surface area contributed by atoms with E-state index < -0.39 is 0 Å². The monoisotopic (exact) mass is 594 g/mol. The molecule has 3 aromatic carbocycles. The molecule has 1 amide bonds. The molecule has 0 aliphatic rings. The van der Waals surface area contributed by atoms with E-state index in [1.54, 1.807) is 50.6 Å². The number of hydrazone groups is 1. The molecule has 7 nitrogen and oxygen atoms in total. The van der Waals surface area contributed by atoms with Gasteiger partial charge in [-0.1, -0.05) is 35.3 Å². The average molecular weight is 596 g/mol. The molecule has 0 aromatic heterocycles. The van der Waals surface area contributed by atoms with Crippen molar-refractivity contribution in [2.24, 2.45) is 5.10 Å². The number of benzene rings is 3. The standard InChI is InChI=1S/C26H25BrCl2N2O5/c1-4-35-24-11-17(9-20(27)26(24)36-15-18-6-7-19(28)13-21(18)29)14-30-31-25(32)12-16-5-8-22(33-2)23(10-16)34-3/h5-11,13-14H,4,12,15H2,1-3H3,(H,31,32)/b30-14+. The first-order chi connectivity index (χ1) is 17.3. The number of nitrogens with zero attached hydrogens (tertiary/aromatic N) is 1. The van der Waals surface area contributed by atoms with Crippen LogP contribution in [0.5, 0.6) is 23.0 Å². The highest BCUT2D eigenvalue weighted by Gasteiger charge is 2.14. The maximum absolute atomic E-state index is 12.3. The van der Waals surface area contributed by atoms with E-state index in [9.17, 15) is 4.79 Å². The number of methoxy groups -OCH3 is 2. The van der Waals surface area contributed by atoms with Gasteiger partial charge in [0.2, 0.25) is 5.91 Å².